The maximum Gasteiger partial charge on any atom is 0.257 e. The molecular weight excluding hydrogens is 364 g/mol. The van der Waals surface area contributed by atoms with E-state index in [1.807, 2.05) is 46.7 Å². The van der Waals surface area contributed by atoms with Crippen LogP contribution < -0.4 is 10.1 Å². The highest BCUT2D eigenvalue weighted by Gasteiger charge is 2.16. The Morgan fingerprint density at radius 2 is 2.07 bits per heavy atom. The summed E-state index contributed by atoms with van der Waals surface area (Å²) in [5.74, 6) is 1.67. The van der Waals surface area contributed by atoms with Gasteiger partial charge < -0.3 is 14.5 Å². The van der Waals surface area contributed by atoms with Crippen molar-refractivity contribution in [3.63, 3.8) is 0 Å². The molecule has 0 aliphatic heterocycles. The first-order valence-electron chi connectivity index (χ1n) is 8.70. The van der Waals surface area contributed by atoms with Crippen LogP contribution in [0.2, 0.25) is 0 Å². The fourth-order valence-corrected chi connectivity index (χ4v) is 3.26. The fraction of sp³-hybridized carbons (Fsp3) is 0.316. The molecule has 0 aliphatic carbocycles. The summed E-state index contributed by atoms with van der Waals surface area (Å²) in [5, 5.41) is 13.1. The first-order valence-corrected chi connectivity index (χ1v) is 9.58. The summed E-state index contributed by atoms with van der Waals surface area (Å²) in [7, 11) is 1.61. The van der Waals surface area contributed by atoms with E-state index in [9.17, 15) is 4.79 Å². The summed E-state index contributed by atoms with van der Waals surface area (Å²) in [5.41, 5.74) is 0.732. The molecule has 2 heterocycles. The number of rotatable bonds is 9. The third-order valence-electron chi connectivity index (χ3n) is 3.84. The van der Waals surface area contributed by atoms with Crippen LogP contribution in [0.4, 0.5) is 5.69 Å². The number of carbonyl (C=O) groups is 1. The van der Waals surface area contributed by atoms with Crippen molar-refractivity contribution in [1.82, 2.24) is 15.1 Å². The van der Waals surface area contributed by atoms with E-state index in [4.69, 9.17) is 9.15 Å². The minimum atomic E-state index is -0.0911. The predicted molar refractivity (Wildman–Crippen MR) is 105 cm³/mol. The Balaban J connectivity index is 1.58. The van der Waals surface area contributed by atoms with Gasteiger partial charge >= 0.3 is 0 Å². The van der Waals surface area contributed by atoms with Gasteiger partial charge in [0.2, 0.25) is 11.8 Å². The minimum absolute atomic E-state index is 0.0911. The molecule has 0 saturated carbocycles. The van der Waals surface area contributed by atoms with Crippen LogP contribution >= 0.6 is 11.3 Å². The highest BCUT2D eigenvalue weighted by molar-refractivity contribution is 7.13. The lowest BCUT2D eigenvalue weighted by Crippen LogP contribution is -2.33. The summed E-state index contributed by atoms with van der Waals surface area (Å²) in [6.07, 6.45) is 0.918. The van der Waals surface area contributed by atoms with Gasteiger partial charge in [-0.2, -0.15) is 0 Å². The average molecular weight is 386 g/mol. The van der Waals surface area contributed by atoms with Gasteiger partial charge in [0, 0.05) is 5.69 Å². The maximum atomic E-state index is 12.4. The molecule has 142 valence electrons. The topological polar surface area (TPSA) is 80.5 Å². The van der Waals surface area contributed by atoms with Crippen LogP contribution in [0.3, 0.4) is 0 Å². The lowest BCUT2D eigenvalue weighted by atomic mass is 10.3. The molecule has 27 heavy (non-hydrogen) atoms. The highest BCUT2D eigenvalue weighted by atomic mass is 32.1. The van der Waals surface area contributed by atoms with E-state index in [0.29, 0.717) is 18.3 Å². The molecular formula is C19H22N4O3S. The number of hydrogen-bond acceptors (Lipinski definition) is 7. The Bertz CT molecular complexity index is 846. The third kappa shape index (κ3) is 5.38. The van der Waals surface area contributed by atoms with Crippen molar-refractivity contribution >= 4 is 22.9 Å². The maximum absolute atomic E-state index is 12.4. The monoisotopic (exact) mass is 386 g/mol. The van der Waals surface area contributed by atoms with E-state index < -0.39 is 0 Å². The smallest absolute Gasteiger partial charge is 0.257 e. The second kappa shape index (κ2) is 9.29. The zero-order valence-electron chi connectivity index (χ0n) is 15.3. The first-order chi connectivity index (χ1) is 13.2. The number of aromatic nitrogens is 2. The molecule has 0 fully saturated rings. The molecule has 2 aromatic heterocycles. The molecule has 1 aromatic carbocycles. The normalized spacial score (nSPS) is 10.9. The quantitative estimate of drug-likeness (QED) is 0.604. The Kier molecular flexibility index (Phi) is 6.56. The van der Waals surface area contributed by atoms with E-state index in [2.05, 4.69) is 22.4 Å². The molecule has 0 unspecified atom stereocenters. The van der Waals surface area contributed by atoms with Gasteiger partial charge in [-0.05, 0) is 48.7 Å². The van der Waals surface area contributed by atoms with Crippen LogP contribution in [-0.2, 0) is 11.3 Å². The Morgan fingerprint density at radius 1 is 1.26 bits per heavy atom. The number of benzene rings is 1. The third-order valence-corrected chi connectivity index (χ3v) is 4.70. The van der Waals surface area contributed by atoms with Gasteiger partial charge in [0.25, 0.3) is 5.89 Å². The van der Waals surface area contributed by atoms with Crippen molar-refractivity contribution < 1.29 is 13.9 Å². The molecule has 3 aromatic rings. The number of carbonyl (C=O) groups excluding carboxylic acids is 1. The molecule has 1 amide bonds. The van der Waals surface area contributed by atoms with Crippen molar-refractivity contribution in [2.24, 2.45) is 0 Å². The Morgan fingerprint density at radius 3 is 2.74 bits per heavy atom. The number of nitrogens with zero attached hydrogens (tertiary/aromatic N) is 3. The summed E-state index contributed by atoms with van der Waals surface area (Å²) < 4.78 is 10.9. The van der Waals surface area contributed by atoms with Crippen molar-refractivity contribution in [1.29, 1.82) is 0 Å². The largest absolute Gasteiger partial charge is 0.497 e. The van der Waals surface area contributed by atoms with E-state index in [0.717, 1.165) is 29.3 Å². The van der Waals surface area contributed by atoms with Crippen LogP contribution in [0.15, 0.2) is 46.2 Å². The van der Waals surface area contributed by atoms with Gasteiger partial charge in [0.15, 0.2) is 0 Å². The summed E-state index contributed by atoms with van der Waals surface area (Å²) in [6, 6.07) is 11.1. The van der Waals surface area contributed by atoms with Crippen LogP contribution in [0.5, 0.6) is 5.75 Å². The molecule has 0 radical (unpaired) electrons. The minimum Gasteiger partial charge on any atom is -0.497 e. The second-order valence-corrected chi connectivity index (χ2v) is 6.91. The Hall–Kier alpha value is -2.71. The number of nitrogens with one attached hydrogen (secondary N) is 1. The summed E-state index contributed by atoms with van der Waals surface area (Å²) >= 11 is 1.55. The molecule has 1 N–H and O–H groups in total. The lowest BCUT2D eigenvalue weighted by molar-refractivity contribution is -0.117. The van der Waals surface area contributed by atoms with E-state index in [1.54, 1.807) is 18.4 Å². The highest BCUT2D eigenvalue weighted by Crippen LogP contribution is 2.23. The zero-order chi connectivity index (χ0) is 19.1. The fourth-order valence-electron chi connectivity index (χ4n) is 2.62. The molecule has 0 atom stereocenters. The lowest BCUT2D eigenvalue weighted by Gasteiger charge is -2.19. The van der Waals surface area contributed by atoms with Gasteiger partial charge in [-0.15, -0.1) is 21.5 Å². The van der Waals surface area contributed by atoms with Crippen LogP contribution in [0, 0.1) is 0 Å². The van der Waals surface area contributed by atoms with E-state index >= 15 is 0 Å². The van der Waals surface area contributed by atoms with Crippen molar-refractivity contribution in [3.8, 4) is 16.5 Å². The molecule has 0 bridgehead atoms. The number of anilines is 1. The van der Waals surface area contributed by atoms with Crippen LogP contribution in [-0.4, -0.2) is 41.2 Å². The number of methoxy groups -OCH3 is 1. The standard InChI is InChI=1S/C19H22N4O3S/c1-3-10-23(12-17(24)20-14-6-8-15(25-2)9-7-14)13-18-21-22-19(26-18)16-5-4-11-27-16/h4-9,11H,3,10,12-13H2,1-2H3,(H,20,24). The molecule has 7 nitrogen and oxygen atoms in total. The van der Waals surface area contributed by atoms with E-state index in [-0.39, 0.29) is 12.5 Å². The van der Waals surface area contributed by atoms with Gasteiger partial charge in [0.05, 0.1) is 25.1 Å². The summed E-state index contributed by atoms with van der Waals surface area (Å²) in [4.78, 5) is 15.3. The Labute approximate surface area is 162 Å². The predicted octanol–water partition coefficient (Wildman–Crippen LogP) is 3.66. The van der Waals surface area contributed by atoms with Crippen LogP contribution in [0.1, 0.15) is 19.2 Å². The van der Waals surface area contributed by atoms with Crippen molar-refractivity contribution in [2.45, 2.75) is 19.9 Å². The number of ether oxygens (including phenoxy) is 1. The van der Waals surface area contributed by atoms with Gasteiger partial charge in [-0.3, -0.25) is 9.69 Å². The van der Waals surface area contributed by atoms with Gasteiger partial charge in [-0.25, -0.2) is 0 Å². The zero-order valence-corrected chi connectivity index (χ0v) is 16.2. The molecule has 0 saturated heterocycles. The summed E-state index contributed by atoms with van der Waals surface area (Å²) in [6.45, 7) is 3.50. The molecule has 0 spiro atoms. The van der Waals surface area contributed by atoms with Gasteiger partial charge in [0.1, 0.15) is 5.75 Å². The van der Waals surface area contributed by atoms with Crippen LogP contribution in [0.25, 0.3) is 10.8 Å². The van der Waals surface area contributed by atoms with Gasteiger partial charge in [-0.1, -0.05) is 13.0 Å². The van der Waals surface area contributed by atoms with E-state index in [1.165, 1.54) is 0 Å². The second-order valence-electron chi connectivity index (χ2n) is 5.97. The molecule has 0 aliphatic rings. The average Bonchev–Trinajstić information content (AvgIpc) is 3.34. The van der Waals surface area contributed by atoms with Crippen molar-refractivity contribution in [2.75, 3.05) is 25.5 Å². The molecule has 8 heteroatoms. The SMILES string of the molecule is CCCN(CC(=O)Nc1ccc(OC)cc1)Cc1nnc(-c2cccs2)o1. The number of thiophene rings is 1. The molecule has 3 rings (SSSR count). The first kappa shape index (κ1) is 19.1. The van der Waals surface area contributed by atoms with Crippen molar-refractivity contribution in [3.05, 3.63) is 47.7 Å². The number of hydrogen-bond donors (Lipinski definition) is 1. The number of amides is 1.